The van der Waals surface area contributed by atoms with Crippen LogP contribution in [0.3, 0.4) is 0 Å². The Morgan fingerprint density at radius 1 is 0.939 bits per heavy atom. The van der Waals surface area contributed by atoms with Crippen molar-refractivity contribution in [3.63, 3.8) is 0 Å². The molecule has 1 aliphatic heterocycles. The Balaban J connectivity index is 1.49. The van der Waals surface area contributed by atoms with E-state index in [4.69, 9.17) is 27.9 Å². The number of amides is 2. The van der Waals surface area contributed by atoms with Crippen molar-refractivity contribution in [1.29, 1.82) is 0 Å². The molecule has 0 N–H and O–H groups in total. The van der Waals surface area contributed by atoms with E-state index in [1.165, 1.54) is 4.90 Å². The molecular weight excluding hydrogens is 613 g/mol. The van der Waals surface area contributed by atoms with Crippen LogP contribution in [0.25, 0.3) is 6.08 Å². The van der Waals surface area contributed by atoms with Gasteiger partial charge in [0.15, 0.2) is 5.75 Å². The van der Waals surface area contributed by atoms with E-state index in [0.29, 0.717) is 37.3 Å². The van der Waals surface area contributed by atoms with Crippen LogP contribution in [-0.4, -0.2) is 16.0 Å². The third kappa shape index (κ3) is 6.03. The number of thioether (sulfide) groups is 1. The van der Waals surface area contributed by atoms with Crippen LogP contribution in [0.4, 0.5) is 4.79 Å². The molecule has 1 aliphatic rings. The van der Waals surface area contributed by atoms with Crippen molar-refractivity contribution in [1.82, 2.24) is 4.90 Å². The first kappa shape index (κ1) is 24.4. The molecule has 3 aromatic carbocycles. The van der Waals surface area contributed by atoms with Gasteiger partial charge in [0.1, 0.15) is 6.61 Å². The number of carbonyl (C=O) groups is 2. The van der Waals surface area contributed by atoms with Crippen LogP contribution in [-0.2, 0) is 17.9 Å². The van der Waals surface area contributed by atoms with E-state index in [0.717, 1.165) is 27.4 Å². The lowest BCUT2D eigenvalue weighted by atomic mass is 10.2. The SMILES string of the molecule is O=C1S/C(=C/c2cc(Cl)c(OCc3ccc(Br)cc3)c(Br)c2)C(=O)N1Cc1ccc(Cl)cc1. The number of halogens is 4. The lowest BCUT2D eigenvalue weighted by Crippen LogP contribution is -2.27. The molecule has 0 bridgehead atoms. The summed E-state index contributed by atoms with van der Waals surface area (Å²) < 4.78 is 7.53. The van der Waals surface area contributed by atoms with Crippen molar-refractivity contribution in [3.8, 4) is 5.75 Å². The van der Waals surface area contributed by atoms with Gasteiger partial charge in [0.2, 0.25) is 0 Å². The van der Waals surface area contributed by atoms with Gasteiger partial charge in [-0.3, -0.25) is 14.5 Å². The van der Waals surface area contributed by atoms with Crippen LogP contribution in [0, 0.1) is 0 Å². The summed E-state index contributed by atoms with van der Waals surface area (Å²) in [7, 11) is 0. The van der Waals surface area contributed by atoms with Crippen LogP contribution >= 0.6 is 66.8 Å². The minimum absolute atomic E-state index is 0.187. The summed E-state index contributed by atoms with van der Waals surface area (Å²) in [6.07, 6.45) is 1.65. The Bertz CT molecular complexity index is 1220. The molecule has 1 fully saturated rings. The van der Waals surface area contributed by atoms with Crippen LogP contribution in [0.2, 0.25) is 10.0 Å². The zero-order chi connectivity index (χ0) is 23.5. The van der Waals surface area contributed by atoms with Gasteiger partial charge in [0, 0.05) is 9.50 Å². The van der Waals surface area contributed by atoms with Crippen LogP contribution in [0.1, 0.15) is 16.7 Å². The van der Waals surface area contributed by atoms with Crippen molar-refractivity contribution in [3.05, 3.63) is 101 Å². The molecule has 0 spiro atoms. The minimum Gasteiger partial charge on any atom is -0.486 e. The van der Waals surface area contributed by atoms with Gasteiger partial charge >= 0.3 is 0 Å². The van der Waals surface area contributed by atoms with Gasteiger partial charge in [-0.05, 0) is 86.9 Å². The Labute approximate surface area is 222 Å². The summed E-state index contributed by atoms with van der Waals surface area (Å²) in [5.41, 5.74) is 2.50. The molecule has 168 valence electrons. The predicted octanol–water partition coefficient (Wildman–Crippen LogP) is 8.33. The monoisotopic (exact) mass is 625 g/mol. The van der Waals surface area contributed by atoms with Gasteiger partial charge in [0.05, 0.1) is 20.9 Å². The standard InChI is InChI=1S/C24H15Br2Cl2NO3S/c25-17-5-1-15(2-6-17)13-32-22-19(26)9-16(10-20(22)28)11-21-23(30)29(24(31)33-21)12-14-3-7-18(27)8-4-14/h1-11H,12-13H2/b21-11+. The third-order valence-electron chi connectivity index (χ3n) is 4.74. The molecule has 4 nitrogen and oxygen atoms in total. The highest BCUT2D eigenvalue weighted by Gasteiger charge is 2.35. The summed E-state index contributed by atoms with van der Waals surface area (Å²) in [5.74, 6) is 0.162. The highest BCUT2D eigenvalue weighted by atomic mass is 79.9. The number of hydrogen-bond acceptors (Lipinski definition) is 4. The molecule has 4 rings (SSSR count). The number of carbonyl (C=O) groups excluding carboxylic acids is 2. The molecule has 0 aliphatic carbocycles. The second-order valence-corrected chi connectivity index (χ2v) is 10.7. The smallest absolute Gasteiger partial charge is 0.293 e. The van der Waals surface area contributed by atoms with Crippen molar-refractivity contribution >= 4 is 84.0 Å². The Morgan fingerprint density at radius 2 is 1.61 bits per heavy atom. The van der Waals surface area contributed by atoms with E-state index >= 15 is 0 Å². The van der Waals surface area contributed by atoms with Gasteiger partial charge < -0.3 is 4.74 Å². The van der Waals surface area contributed by atoms with Gasteiger partial charge in [-0.15, -0.1) is 0 Å². The molecule has 9 heteroatoms. The van der Waals surface area contributed by atoms with Crippen LogP contribution < -0.4 is 4.74 Å². The van der Waals surface area contributed by atoms with Crippen LogP contribution in [0.15, 0.2) is 74.5 Å². The molecule has 0 atom stereocenters. The summed E-state index contributed by atoms with van der Waals surface area (Å²) in [6.45, 7) is 0.543. The molecule has 33 heavy (non-hydrogen) atoms. The number of hydrogen-bond donors (Lipinski definition) is 0. The first-order valence-electron chi connectivity index (χ1n) is 9.66. The normalized spacial score (nSPS) is 14.9. The highest BCUT2D eigenvalue weighted by Crippen LogP contribution is 2.38. The largest absolute Gasteiger partial charge is 0.486 e. The first-order valence-corrected chi connectivity index (χ1v) is 12.8. The van der Waals surface area contributed by atoms with Crippen molar-refractivity contribution in [2.75, 3.05) is 0 Å². The summed E-state index contributed by atoms with van der Waals surface area (Å²) >= 11 is 20.2. The van der Waals surface area contributed by atoms with Crippen LogP contribution in [0.5, 0.6) is 5.75 Å². The van der Waals surface area contributed by atoms with E-state index < -0.39 is 0 Å². The average molecular weight is 628 g/mol. The Hall–Kier alpha value is -1.77. The molecule has 1 heterocycles. The van der Waals surface area contributed by atoms with E-state index in [2.05, 4.69) is 31.9 Å². The summed E-state index contributed by atoms with van der Waals surface area (Å²) in [6, 6.07) is 18.3. The number of nitrogens with zero attached hydrogens (tertiary/aromatic N) is 1. The molecule has 0 saturated carbocycles. The van der Waals surface area contributed by atoms with Gasteiger partial charge in [0.25, 0.3) is 11.1 Å². The average Bonchev–Trinajstić information content (AvgIpc) is 3.03. The maximum atomic E-state index is 12.8. The quantitative estimate of drug-likeness (QED) is 0.258. The first-order chi connectivity index (χ1) is 15.8. The third-order valence-corrected chi connectivity index (χ3v) is 7.30. The predicted molar refractivity (Wildman–Crippen MR) is 141 cm³/mol. The fraction of sp³-hybridized carbons (Fsp3) is 0.0833. The number of ether oxygens (including phenoxy) is 1. The molecule has 0 unspecified atom stereocenters. The Kier molecular flexibility index (Phi) is 7.87. The second-order valence-electron chi connectivity index (χ2n) is 7.12. The number of benzene rings is 3. The molecule has 2 amide bonds. The maximum absolute atomic E-state index is 12.8. The molecular formula is C24H15Br2Cl2NO3S. The van der Waals surface area contributed by atoms with E-state index in [1.54, 1.807) is 42.5 Å². The molecule has 0 aromatic heterocycles. The lowest BCUT2D eigenvalue weighted by Gasteiger charge is -2.12. The van der Waals surface area contributed by atoms with E-state index in [9.17, 15) is 9.59 Å². The lowest BCUT2D eigenvalue weighted by molar-refractivity contribution is -0.123. The van der Waals surface area contributed by atoms with Gasteiger partial charge in [-0.2, -0.15) is 0 Å². The van der Waals surface area contributed by atoms with Gasteiger partial charge in [-0.1, -0.05) is 63.4 Å². The maximum Gasteiger partial charge on any atom is 0.293 e. The van der Waals surface area contributed by atoms with Crippen molar-refractivity contribution in [2.24, 2.45) is 0 Å². The fourth-order valence-corrected chi connectivity index (χ4v) is 5.31. The second kappa shape index (κ2) is 10.7. The molecule has 3 aromatic rings. The zero-order valence-corrected chi connectivity index (χ0v) is 22.4. The van der Waals surface area contributed by atoms with Crippen molar-refractivity contribution < 1.29 is 14.3 Å². The van der Waals surface area contributed by atoms with E-state index in [1.807, 2.05) is 24.3 Å². The van der Waals surface area contributed by atoms with Crippen molar-refractivity contribution in [2.45, 2.75) is 13.2 Å². The molecule has 1 saturated heterocycles. The number of rotatable bonds is 6. The zero-order valence-electron chi connectivity index (χ0n) is 16.9. The van der Waals surface area contributed by atoms with Gasteiger partial charge in [-0.25, -0.2) is 0 Å². The summed E-state index contributed by atoms with van der Waals surface area (Å²) in [4.78, 5) is 26.8. The number of imide groups is 1. The minimum atomic E-state index is -0.345. The fourth-order valence-electron chi connectivity index (χ4n) is 3.10. The molecule has 0 radical (unpaired) electrons. The summed E-state index contributed by atoms with van der Waals surface area (Å²) in [5, 5.41) is 0.674. The Morgan fingerprint density at radius 3 is 2.27 bits per heavy atom. The highest BCUT2D eigenvalue weighted by molar-refractivity contribution is 9.10. The van der Waals surface area contributed by atoms with E-state index in [-0.39, 0.29) is 17.7 Å². The topological polar surface area (TPSA) is 46.6 Å².